The maximum atomic E-state index is 11.8. The summed E-state index contributed by atoms with van der Waals surface area (Å²) in [5, 5.41) is 4.42. The van der Waals surface area contributed by atoms with Crippen molar-refractivity contribution in [2.24, 2.45) is 0 Å². The van der Waals surface area contributed by atoms with E-state index in [0.29, 0.717) is 13.0 Å². The van der Waals surface area contributed by atoms with Gasteiger partial charge in [0.1, 0.15) is 5.60 Å². The molecule has 1 heterocycles. The van der Waals surface area contributed by atoms with E-state index in [9.17, 15) is 14.4 Å². The normalized spacial score (nSPS) is 16.4. The lowest BCUT2D eigenvalue weighted by molar-refractivity contribution is -0.118. The molecular weight excluding hydrogens is 388 g/mol. The van der Waals surface area contributed by atoms with E-state index in [1.54, 1.807) is 0 Å². The van der Waals surface area contributed by atoms with Gasteiger partial charge in [-0.15, -0.1) is 0 Å². The first-order chi connectivity index (χ1) is 13.7. The SMILES string of the molecule is CC(C)(C)OC(=O)NCc1cccc(-c2ccc(CC3SC(=O)NC3=O)cc2)c1. The number of rotatable bonds is 5. The predicted octanol–water partition coefficient (Wildman–Crippen LogP) is 4.27. The Morgan fingerprint density at radius 1 is 1.07 bits per heavy atom. The Morgan fingerprint density at radius 3 is 2.41 bits per heavy atom. The number of hydrogen-bond acceptors (Lipinski definition) is 5. The number of carbonyl (C=O) groups excluding carboxylic acids is 3. The van der Waals surface area contributed by atoms with Crippen LogP contribution >= 0.6 is 11.8 Å². The van der Waals surface area contributed by atoms with Crippen LogP contribution in [0.4, 0.5) is 9.59 Å². The van der Waals surface area contributed by atoms with E-state index in [4.69, 9.17) is 4.74 Å². The van der Waals surface area contributed by atoms with Gasteiger partial charge in [0.15, 0.2) is 0 Å². The molecule has 29 heavy (non-hydrogen) atoms. The molecule has 1 unspecified atom stereocenters. The Labute approximate surface area is 174 Å². The highest BCUT2D eigenvalue weighted by Gasteiger charge is 2.31. The largest absolute Gasteiger partial charge is 0.444 e. The van der Waals surface area contributed by atoms with Crippen molar-refractivity contribution >= 4 is 29.0 Å². The van der Waals surface area contributed by atoms with Crippen LogP contribution in [0.3, 0.4) is 0 Å². The summed E-state index contributed by atoms with van der Waals surface area (Å²) in [6.45, 7) is 5.86. The van der Waals surface area contributed by atoms with Crippen LogP contribution in [0.1, 0.15) is 31.9 Å². The molecule has 0 aromatic heterocycles. The van der Waals surface area contributed by atoms with Crippen LogP contribution in [0.15, 0.2) is 48.5 Å². The maximum absolute atomic E-state index is 11.8. The fraction of sp³-hybridized carbons (Fsp3) is 0.318. The molecule has 1 aliphatic rings. The Kier molecular flexibility index (Phi) is 6.27. The molecular formula is C22H24N2O4S. The maximum Gasteiger partial charge on any atom is 0.407 e. The molecule has 1 atom stereocenters. The zero-order chi connectivity index (χ0) is 21.0. The van der Waals surface area contributed by atoms with Gasteiger partial charge in [-0.1, -0.05) is 54.2 Å². The van der Waals surface area contributed by atoms with Crippen molar-refractivity contribution in [3.8, 4) is 11.1 Å². The number of ether oxygens (including phenoxy) is 1. The fourth-order valence-electron chi connectivity index (χ4n) is 2.92. The Bertz CT molecular complexity index is 919. The van der Waals surface area contributed by atoms with Crippen LogP contribution < -0.4 is 10.6 Å². The molecule has 0 bridgehead atoms. The molecule has 7 heteroatoms. The smallest absolute Gasteiger partial charge is 0.407 e. The van der Waals surface area contributed by atoms with E-state index in [1.807, 2.05) is 69.3 Å². The number of alkyl carbamates (subject to hydrolysis) is 1. The summed E-state index contributed by atoms with van der Waals surface area (Å²) in [6, 6.07) is 15.8. The lowest BCUT2D eigenvalue weighted by atomic mass is 10.0. The molecule has 1 fully saturated rings. The van der Waals surface area contributed by atoms with Gasteiger partial charge in [-0.3, -0.25) is 14.9 Å². The monoisotopic (exact) mass is 412 g/mol. The second-order valence-electron chi connectivity index (χ2n) is 7.84. The minimum absolute atomic E-state index is 0.228. The van der Waals surface area contributed by atoms with Gasteiger partial charge in [-0.25, -0.2) is 4.79 Å². The van der Waals surface area contributed by atoms with E-state index in [0.717, 1.165) is 34.0 Å². The third kappa shape index (κ3) is 6.09. The zero-order valence-electron chi connectivity index (χ0n) is 16.7. The second-order valence-corrected chi connectivity index (χ2v) is 9.02. The molecule has 152 valence electrons. The van der Waals surface area contributed by atoms with Crippen molar-refractivity contribution in [2.45, 2.75) is 44.6 Å². The number of hydrogen-bond donors (Lipinski definition) is 2. The number of imide groups is 1. The van der Waals surface area contributed by atoms with Gasteiger partial charge >= 0.3 is 6.09 Å². The first kappa shape index (κ1) is 20.9. The van der Waals surface area contributed by atoms with Gasteiger partial charge in [-0.05, 0) is 55.5 Å². The second kappa shape index (κ2) is 8.69. The highest BCUT2D eigenvalue weighted by molar-refractivity contribution is 8.15. The molecule has 0 radical (unpaired) electrons. The van der Waals surface area contributed by atoms with Gasteiger partial charge in [0.2, 0.25) is 5.91 Å². The number of benzene rings is 2. The highest BCUT2D eigenvalue weighted by Crippen LogP contribution is 2.25. The molecule has 3 rings (SSSR count). The standard InChI is InChI=1S/C22H24N2O4S/c1-22(2,3)28-20(26)23-13-15-5-4-6-17(11-15)16-9-7-14(8-10-16)12-18-19(25)24-21(27)29-18/h4-11,18H,12-13H2,1-3H3,(H,23,26)(H,24,25,27). The van der Waals surface area contributed by atoms with E-state index < -0.39 is 11.7 Å². The lowest BCUT2D eigenvalue weighted by Gasteiger charge is -2.19. The lowest BCUT2D eigenvalue weighted by Crippen LogP contribution is -2.32. The van der Waals surface area contributed by atoms with Crippen LogP contribution in [0.5, 0.6) is 0 Å². The van der Waals surface area contributed by atoms with Crippen molar-refractivity contribution in [3.05, 3.63) is 59.7 Å². The summed E-state index contributed by atoms with van der Waals surface area (Å²) < 4.78 is 5.25. The molecule has 6 nitrogen and oxygen atoms in total. The van der Waals surface area contributed by atoms with Crippen molar-refractivity contribution in [2.75, 3.05) is 0 Å². The molecule has 1 saturated heterocycles. The van der Waals surface area contributed by atoms with E-state index in [1.165, 1.54) is 0 Å². The number of nitrogens with one attached hydrogen (secondary N) is 2. The summed E-state index contributed by atoms with van der Waals surface area (Å²) in [7, 11) is 0. The number of carbonyl (C=O) groups is 3. The van der Waals surface area contributed by atoms with Crippen LogP contribution in [0, 0.1) is 0 Å². The minimum atomic E-state index is -0.529. The van der Waals surface area contributed by atoms with E-state index in [2.05, 4.69) is 10.6 Å². The Balaban J connectivity index is 1.62. The van der Waals surface area contributed by atoms with Gasteiger partial charge in [-0.2, -0.15) is 0 Å². The quantitative estimate of drug-likeness (QED) is 0.766. The topological polar surface area (TPSA) is 84.5 Å². The van der Waals surface area contributed by atoms with E-state index in [-0.39, 0.29) is 16.4 Å². The highest BCUT2D eigenvalue weighted by atomic mass is 32.2. The van der Waals surface area contributed by atoms with Gasteiger partial charge < -0.3 is 10.1 Å². The summed E-state index contributed by atoms with van der Waals surface area (Å²) in [6.07, 6.45) is 0.0714. The molecule has 0 spiro atoms. The molecule has 0 saturated carbocycles. The van der Waals surface area contributed by atoms with Gasteiger partial charge in [0, 0.05) is 6.54 Å². The molecule has 1 aliphatic heterocycles. The fourth-order valence-corrected chi connectivity index (χ4v) is 3.78. The molecule has 2 N–H and O–H groups in total. The van der Waals surface area contributed by atoms with Crippen LogP contribution in [0.2, 0.25) is 0 Å². The van der Waals surface area contributed by atoms with Crippen LogP contribution in [0.25, 0.3) is 11.1 Å². The zero-order valence-corrected chi connectivity index (χ0v) is 17.5. The molecule has 2 aromatic carbocycles. The first-order valence-corrected chi connectivity index (χ1v) is 10.2. The summed E-state index contributed by atoms with van der Waals surface area (Å²) in [5.41, 5.74) is 3.50. The summed E-state index contributed by atoms with van der Waals surface area (Å²) in [4.78, 5) is 34.8. The summed E-state index contributed by atoms with van der Waals surface area (Å²) in [5.74, 6) is -0.228. The van der Waals surface area contributed by atoms with Crippen molar-refractivity contribution in [1.29, 1.82) is 0 Å². The average molecular weight is 413 g/mol. The third-order valence-electron chi connectivity index (χ3n) is 4.24. The Morgan fingerprint density at radius 2 is 1.79 bits per heavy atom. The van der Waals surface area contributed by atoms with Crippen molar-refractivity contribution < 1.29 is 19.1 Å². The molecule has 3 amide bonds. The van der Waals surface area contributed by atoms with Crippen molar-refractivity contribution in [1.82, 2.24) is 10.6 Å². The third-order valence-corrected chi connectivity index (χ3v) is 5.22. The van der Waals surface area contributed by atoms with Crippen molar-refractivity contribution in [3.63, 3.8) is 0 Å². The molecule has 0 aliphatic carbocycles. The molecule has 2 aromatic rings. The minimum Gasteiger partial charge on any atom is -0.444 e. The Hall–Kier alpha value is -2.80. The number of amides is 3. The van der Waals surface area contributed by atoms with E-state index >= 15 is 0 Å². The van der Waals surface area contributed by atoms with Crippen LogP contribution in [-0.2, 0) is 22.5 Å². The first-order valence-electron chi connectivity index (χ1n) is 9.36. The van der Waals surface area contributed by atoms with Gasteiger partial charge in [0.25, 0.3) is 5.24 Å². The predicted molar refractivity (Wildman–Crippen MR) is 114 cm³/mol. The van der Waals surface area contributed by atoms with Gasteiger partial charge in [0.05, 0.1) is 5.25 Å². The van der Waals surface area contributed by atoms with Crippen LogP contribution in [-0.4, -0.2) is 28.1 Å². The number of thioether (sulfide) groups is 1. The average Bonchev–Trinajstić information content (AvgIpc) is 2.96. The summed E-state index contributed by atoms with van der Waals surface area (Å²) >= 11 is 1.04.